The lowest BCUT2D eigenvalue weighted by Gasteiger charge is -1.98. The van der Waals surface area contributed by atoms with Crippen LogP contribution in [0.5, 0.6) is 0 Å². The van der Waals surface area contributed by atoms with Crippen molar-refractivity contribution in [1.29, 1.82) is 0 Å². The van der Waals surface area contributed by atoms with Gasteiger partial charge in [-0.3, -0.25) is 19.2 Å². The molecular weight excluding hydrogens is 244 g/mol. The molecule has 0 rings (SSSR count). The van der Waals surface area contributed by atoms with Gasteiger partial charge >= 0.3 is 0 Å². The summed E-state index contributed by atoms with van der Waals surface area (Å²) in [5, 5.41) is 0. The number of carbonyl (C=O) groups excluding carboxylic acids is 4. The van der Waals surface area contributed by atoms with Crippen LogP contribution in [0.3, 0.4) is 0 Å². The molecule has 19 heavy (non-hydrogen) atoms. The molecule has 110 valence electrons. The van der Waals surface area contributed by atoms with E-state index in [1.807, 2.05) is 6.92 Å². The molecule has 4 heteroatoms. The molecular formula is C15H26O4. The Kier molecular flexibility index (Phi) is 12.4. The Balaban J connectivity index is 0. The quantitative estimate of drug-likeness (QED) is 0.636. The van der Waals surface area contributed by atoms with Crippen molar-refractivity contribution in [3.05, 3.63) is 0 Å². The van der Waals surface area contributed by atoms with Crippen LogP contribution < -0.4 is 0 Å². The van der Waals surface area contributed by atoms with E-state index in [0.29, 0.717) is 6.42 Å². The van der Waals surface area contributed by atoms with Crippen molar-refractivity contribution in [2.24, 2.45) is 5.92 Å². The van der Waals surface area contributed by atoms with Crippen LogP contribution >= 0.6 is 0 Å². The first-order valence-electron chi connectivity index (χ1n) is 6.73. The SMILES string of the molecule is CC(=O)CC(=O)C(C)C.CCCCC(=O)CC(C)=O. The van der Waals surface area contributed by atoms with Gasteiger partial charge in [0.25, 0.3) is 0 Å². The minimum absolute atomic E-state index is 0.00565. The molecule has 0 amide bonds. The van der Waals surface area contributed by atoms with Crippen LogP contribution in [0.4, 0.5) is 0 Å². The van der Waals surface area contributed by atoms with E-state index in [9.17, 15) is 19.2 Å². The fourth-order valence-electron chi connectivity index (χ4n) is 1.19. The minimum Gasteiger partial charge on any atom is -0.300 e. The third kappa shape index (κ3) is 16.7. The number of hydrogen-bond acceptors (Lipinski definition) is 4. The largest absolute Gasteiger partial charge is 0.300 e. The van der Waals surface area contributed by atoms with Gasteiger partial charge in [-0.2, -0.15) is 0 Å². The fraction of sp³-hybridized carbons (Fsp3) is 0.733. The van der Waals surface area contributed by atoms with Crippen LogP contribution in [-0.4, -0.2) is 23.1 Å². The molecule has 4 nitrogen and oxygen atoms in total. The molecule has 0 aromatic heterocycles. The summed E-state index contributed by atoms with van der Waals surface area (Å²) < 4.78 is 0. The first kappa shape index (κ1) is 20.0. The lowest BCUT2D eigenvalue weighted by Crippen LogP contribution is -2.10. The second-order valence-corrected chi connectivity index (χ2v) is 5.02. The van der Waals surface area contributed by atoms with E-state index >= 15 is 0 Å². The minimum atomic E-state index is -0.0475. The molecule has 0 aliphatic carbocycles. The molecule has 0 aromatic rings. The molecule has 0 N–H and O–H groups in total. The Morgan fingerprint density at radius 2 is 1.37 bits per heavy atom. The second-order valence-electron chi connectivity index (χ2n) is 5.02. The van der Waals surface area contributed by atoms with Gasteiger partial charge in [0.2, 0.25) is 0 Å². The summed E-state index contributed by atoms with van der Waals surface area (Å²) in [6.07, 6.45) is 2.71. The van der Waals surface area contributed by atoms with Gasteiger partial charge in [0.05, 0.1) is 12.8 Å². The number of carbonyl (C=O) groups is 4. The van der Waals surface area contributed by atoms with Crippen molar-refractivity contribution in [3.8, 4) is 0 Å². The summed E-state index contributed by atoms with van der Waals surface area (Å²) in [4.78, 5) is 42.3. The van der Waals surface area contributed by atoms with Crippen LogP contribution in [-0.2, 0) is 19.2 Å². The van der Waals surface area contributed by atoms with Gasteiger partial charge in [-0.05, 0) is 20.3 Å². The Hall–Kier alpha value is -1.32. The smallest absolute Gasteiger partial charge is 0.142 e. The van der Waals surface area contributed by atoms with E-state index in [1.54, 1.807) is 13.8 Å². The molecule has 0 fully saturated rings. The number of Topliss-reactive ketones (excluding diaryl/α,β-unsaturated/α-hetero) is 4. The fourth-order valence-corrected chi connectivity index (χ4v) is 1.19. The number of rotatable bonds is 8. The van der Waals surface area contributed by atoms with E-state index in [0.717, 1.165) is 12.8 Å². The van der Waals surface area contributed by atoms with Gasteiger partial charge in [-0.25, -0.2) is 0 Å². The summed E-state index contributed by atoms with van der Waals surface area (Å²) in [6, 6.07) is 0. The summed E-state index contributed by atoms with van der Waals surface area (Å²) in [5.74, 6) is 0.0283. The van der Waals surface area contributed by atoms with Crippen molar-refractivity contribution < 1.29 is 19.2 Å². The van der Waals surface area contributed by atoms with Crippen molar-refractivity contribution in [2.75, 3.05) is 0 Å². The molecule has 0 aromatic carbocycles. The highest BCUT2D eigenvalue weighted by Crippen LogP contribution is 1.98. The molecule has 0 unspecified atom stereocenters. The summed E-state index contributed by atoms with van der Waals surface area (Å²) in [7, 11) is 0. The summed E-state index contributed by atoms with van der Waals surface area (Å²) >= 11 is 0. The molecule has 0 bridgehead atoms. The second kappa shape index (κ2) is 11.8. The molecule has 0 saturated heterocycles. The van der Waals surface area contributed by atoms with Gasteiger partial charge in [0, 0.05) is 12.3 Å². The van der Waals surface area contributed by atoms with Crippen molar-refractivity contribution in [2.45, 2.75) is 66.7 Å². The van der Waals surface area contributed by atoms with Crippen LogP contribution in [0.1, 0.15) is 66.7 Å². The van der Waals surface area contributed by atoms with E-state index in [2.05, 4.69) is 0 Å². The third-order valence-electron chi connectivity index (χ3n) is 2.32. The average molecular weight is 270 g/mol. The molecule has 0 heterocycles. The van der Waals surface area contributed by atoms with Gasteiger partial charge in [-0.1, -0.05) is 27.2 Å². The standard InChI is InChI=1S/C8H14O2.C7H12O2/c1-3-4-5-8(10)6-7(2)9;1-5(2)7(9)4-6(3)8/h3-6H2,1-2H3;5H,4H2,1-3H3. The zero-order valence-corrected chi connectivity index (χ0v) is 12.7. The number of unbranched alkanes of at least 4 members (excludes halogenated alkanes) is 1. The first-order chi connectivity index (χ1) is 8.70. The Labute approximate surface area is 116 Å². The van der Waals surface area contributed by atoms with Crippen LogP contribution in [0.2, 0.25) is 0 Å². The highest BCUT2D eigenvalue weighted by atomic mass is 16.2. The lowest BCUT2D eigenvalue weighted by molar-refractivity contribution is -0.128. The van der Waals surface area contributed by atoms with Gasteiger partial charge < -0.3 is 0 Å². The van der Waals surface area contributed by atoms with E-state index in [1.165, 1.54) is 13.8 Å². The van der Waals surface area contributed by atoms with Gasteiger partial charge in [0.1, 0.15) is 23.1 Å². The molecule has 0 spiro atoms. The summed E-state index contributed by atoms with van der Waals surface area (Å²) in [6.45, 7) is 8.50. The van der Waals surface area contributed by atoms with Crippen LogP contribution in [0.15, 0.2) is 0 Å². The average Bonchev–Trinajstić information content (AvgIpc) is 2.25. The predicted molar refractivity (Wildman–Crippen MR) is 75.0 cm³/mol. The van der Waals surface area contributed by atoms with E-state index in [-0.39, 0.29) is 41.9 Å². The zero-order chi connectivity index (χ0) is 15.4. The van der Waals surface area contributed by atoms with E-state index in [4.69, 9.17) is 0 Å². The van der Waals surface area contributed by atoms with Crippen molar-refractivity contribution >= 4 is 23.1 Å². The highest BCUT2D eigenvalue weighted by Gasteiger charge is 2.08. The van der Waals surface area contributed by atoms with Crippen LogP contribution in [0, 0.1) is 5.92 Å². The van der Waals surface area contributed by atoms with Crippen molar-refractivity contribution in [3.63, 3.8) is 0 Å². The first-order valence-corrected chi connectivity index (χ1v) is 6.73. The number of ketones is 4. The Bertz CT molecular complexity index is 316. The molecule has 0 radical (unpaired) electrons. The Morgan fingerprint density at radius 3 is 1.63 bits per heavy atom. The summed E-state index contributed by atoms with van der Waals surface area (Å²) in [5.41, 5.74) is 0. The molecule has 0 saturated carbocycles. The predicted octanol–water partition coefficient (Wildman–Crippen LogP) is 2.92. The van der Waals surface area contributed by atoms with Crippen LogP contribution in [0.25, 0.3) is 0 Å². The molecule has 0 aliphatic rings. The van der Waals surface area contributed by atoms with Crippen molar-refractivity contribution in [1.82, 2.24) is 0 Å². The zero-order valence-electron chi connectivity index (χ0n) is 12.7. The lowest BCUT2D eigenvalue weighted by atomic mass is 10.1. The topological polar surface area (TPSA) is 68.3 Å². The maximum Gasteiger partial charge on any atom is 0.142 e. The van der Waals surface area contributed by atoms with Gasteiger partial charge in [-0.15, -0.1) is 0 Å². The Morgan fingerprint density at radius 1 is 0.895 bits per heavy atom. The normalized spacial score (nSPS) is 9.58. The third-order valence-corrected chi connectivity index (χ3v) is 2.32. The number of hydrogen-bond donors (Lipinski definition) is 0. The van der Waals surface area contributed by atoms with Gasteiger partial charge in [0.15, 0.2) is 0 Å². The molecule has 0 atom stereocenters. The maximum atomic E-state index is 10.8. The van der Waals surface area contributed by atoms with E-state index < -0.39 is 0 Å². The maximum absolute atomic E-state index is 10.8. The molecule has 0 aliphatic heterocycles. The highest BCUT2D eigenvalue weighted by molar-refractivity contribution is 5.98. The monoisotopic (exact) mass is 270 g/mol.